The minimum absolute atomic E-state index is 0.0437. The summed E-state index contributed by atoms with van der Waals surface area (Å²) in [5, 5.41) is 6.39. The Bertz CT molecular complexity index is 1150. The number of benzene rings is 1. The molecule has 0 bridgehead atoms. The van der Waals surface area contributed by atoms with Crippen LogP contribution in [0, 0.1) is 11.8 Å². The maximum Gasteiger partial charge on any atom is 0.246 e. The Morgan fingerprint density at radius 1 is 1.05 bits per heavy atom. The first-order chi connectivity index (χ1) is 20.9. The second-order valence-corrected chi connectivity index (χ2v) is 13.3. The van der Waals surface area contributed by atoms with E-state index >= 15 is 0 Å². The highest BCUT2D eigenvalue weighted by Crippen LogP contribution is 2.35. The number of rotatable bonds is 10. The lowest BCUT2D eigenvalue weighted by Crippen LogP contribution is -2.66. The van der Waals surface area contributed by atoms with Crippen LogP contribution in [-0.2, 0) is 19.1 Å². The number of nitrogens with zero attached hydrogens (tertiary/aromatic N) is 2. The van der Waals surface area contributed by atoms with Crippen LogP contribution in [0.2, 0.25) is 0 Å². The molecular weight excluding hydrogens is 546 g/mol. The summed E-state index contributed by atoms with van der Waals surface area (Å²) in [5.74, 6) is 0.797. The number of nitrogens with one attached hydrogen (secondary N) is 2. The van der Waals surface area contributed by atoms with Crippen molar-refractivity contribution in [2.45, 2.75) is 107 Å². The van der Waals surface area contributed by atoms with E-state index in [2.05, 4.69) is 15.5 Å². The molecule has 1 aromatic rings. The molecule has 3 amide bonds. The predicted molar refractivity (Wildman–Crippen MR) is 162 cm³/mol. The van der Waals surface area contributed by atoms with E-state index in [4.69, 9.17) is 15.2 Å². The maximum atomic E-state index is 14.6. The van der Waals surface area contributed by atoms with E-state index in [0.29, 0.717) is 45.1 Å². The number of para-hydroxylation sites is 1. The third-order valence-electron chi connectivity index (χ3n) is 10.2. The lowest BCUT2D eigenvalue weighted by molar-refractivity contribution is -0.149. The number of fused-ring (bicyclic) bond motifs is 2. The van der Waals surface area contributed by atoms with Crippen molar-refractivity contribution in [3.8, 4) is 5.75 Å². The van der Waals surface area contributed by atoms with E-state index in [1.165, 1.54) is 0 Å². The fourth-order valence-electron chi connectivity index (χ4n) is 7.72. The van der Waals surface area contributed by atoms with Crippen LogP contribution < -0.4 is 21.1 Å². The van der Waals surface area contributed by atoms with Crippen molar-refractivity contribution in [1.82, 2.24) is 20.4 Å². The number of piperazine rings is 1. The van der Waals surface area contributed by atoms with Crippen molar-refractivity contribution in [2.24, 2.45) is 17.6 Å². The van der Waals surface area contributed by atoms with E-state index in [1.807, 2.05) is 31.2 Å². The fourth-order valence-corrected chi connectivity index (χ4v) is 7.72. The molecule has 43 heavy (non-hydrogen) atoms. The second-order valence-electron chi connectivity index (χ2n) is 13.3. The summed E-state index contributed by atoms with van der Waals surface area (Å²) in [6.07, 6.45) is 9.48. The van der Waals surface area contributed by atoms with Gasteiger partial charge in [-0.05, 0) is 50.5 Å². The number of carbonyl (C=O) groups excluding carboxylic acids is 3. The highest BCUT2D eigenvalue weighted by molar-refractivity contribution is 5.93. The summed E-state index contributed by atoms with van der Waals surface area (Å²) >= 11 is 0. The number of carbonyl (C=O) groups is 3. The molecule has 4 N–H and O–H groups in total. The van der Waals surface area contributed by atoms with E-state index < -0.39 is 18.1 Å². The minimum Gasteiger partial charge on any atom is -0.493 e. The molecule has 1 aromatic carbocycles. The molecule has 0 radical (unpaired) electrons. The number of ether oxygens (including phenoxy) is 2. The summed E-state index contributed by atoms with van der Waals surface area (Å²) in [7, 11) is 0. The zero-order valence-corrected chi connectivity index (χ0v) is 25.5. The van der Waals surface area contributed by atoms with Crippen LogP contribution in [0.1, 0.15) is 82.7 Å². The van der Waals surface area contributed by atoms with E-state index in [-0.39, 0.29) is 41.8 Å². The first-order valence-corrected chi connectivity index (χ1v) is 16.7. The van der Waals surface area contributed by atoms with Crippen molar-refractivity contribution < 1.29 is 23.9 Å². The van der Waals surface area contributed by atoms with Gasteiger partial charge in [0.1, 0.15) is 17.8 Å². The van der Waals surface area contributed by atoms with Gasteiger partial charge in [0.15, 0.2) is 0 Å². The summed E-state index contributed by atoms with van der Waals surface area (Å²) in [6.45, 7) is 4.80. The minimum atomic E-state index is -0.673. The monoisotopic (exact) mass is 595 g/mol. The lowest BCUT2D eigenvalue weighted by Gasteiger charge is -2.45. The van der Waals surface area contributed by atoms with Gasteiger partial charge in [-0.1, -0.05) is 50.3 Å². The molecule has 0 aromatic heterocycles. The Kier molecular flexibility index (Phi) is 9.54. The third kappa shape index (κ3) is 7.02. The summed E-state index contributed by atoms with van der Waals surface area (Å²) in [6, 6.07) is 5.79. The number of nitrogens with two attached hydrogens (primary N) is 1. The molecule has 10 heteroatoms. The first kappa shape index (κ1) is 30.3. The molecule has 0 spiro atoms. The van der Waals surface area contributed by atoms with E-state index in [0.717, 1.165) is 69.2 Å². The van der Waals surface area contributed by atoms with Gasteiger partial charge in [0.05, 0.1) is 24.8 Å². The molecule has 3 heterocycles. The van der Waals surface area contributed by atoms with Crippen LogP contribution in [0.25, 0.3) is 0 Å². The Hall–Kier alpha value is -2.69. The van der Waals surface area contributed by atoms with Crippen LogP contribution in [0.5, 0.6) is 5.75 Å². The smallest absolute Gasteiger partial charge is 0.246 e. The van der Waals surface area contributed by atoms with Crippen molar-refractivity contribution >= 4 is 17.7 Å². The standard InChI is InChI=1S/C33H49N5O5/c1-2-42-24-17-23-18-38(33(41)30(22-8-4-3-5-9-22)36-31(39)26(34)16-21-12-13-21)28(20-37(23)19-24)32(40)35-27-14-15-43-29-11-7-6-10-25(27)29/h6-7,10-11,21-24,26-28,30H,2-5,8-9,12-20,34H2,1H3,(H,35,40)(H,36,39)/t23-,24-,26+,27-,28+,30+/m1/s1. The van der Waals surface area contributed by atoms with Gasteiger partial charge < -0.3 is 30.7 Å². The highest BCUT2D eigenvalue weighted by Gasteiger charge is 2.47. The molecule has 5 aliphatic rings. The Balaban J connectivity index is 1.24. The third-order valence-corrected chi connectivity index (χ3v) is 10.2. The summed E-state index contributed by atoms with van der Waals surface area (Å²) in [4.78, 5) is 46.2. The normalized spacial score (nSPS) is 29.1. The largest absolute Gasteiger partial charge is 0.493 e. The Morgan fingerprint density at radius 3 is 2.60 bits per heavy atom. The average molecular weight is 596 g/mol. The molecule has 4 fully saturated rings. The molecule has 0 unspecified atom stereocenters. The van der Waals surface area contributed by atoms with Crippen molar-refractivity contribution in [1.29, 1.82) is 0 Å². The molecule has 236 valence electrons. The predicted octanol–water partition coefficient (Wildman–Crippen LogP) is 2.51. The van der Waals surface area contributed by atoms with Gasteiger partial charge in [-0.25, -0.2) is 0 Å². The van der Waals surface area contributed by atoms with Crippen LogP contribution in [0.15, 0.2) is 24.3 Å². The van der Waals surface area contributed by atoms with Gasteiger partial charge in [-0.15, -0.1) is 0 Å². The molecule has 3 aliphatic heterocycles. The van der Waals surface area contributed by atoms with Gasteiger partial charge in [0, 0.05) is 44.3 Å². The van der Waals surface area contributed by atoms with Crippen molar-refractivity contribution in [3.05, 3.63) is 29.8 Å². The molecule has 2 saturated heterocycles. The molecule has 2 saturated carbocycles. The SMILES string of the molecule is CCO[C@@H]1C[C@@H]2CN(C(=O)[C@@H](NC(=O)[C@@H](N)CC3CC3)C3CCCCC3)[C@H](C(=O)N[C@@H]3CCOc4ccccc43)CN2C1. The fraction of sp³-hybridized carbons (Fsp3) is 0.727. The summed E-state index contributed by atoms with van der Waals surface area (Å²) in [5.41, 5.74) is 7.28. The van der Waals surface area contributed by atoms with Gasteiger partial charge in [-0.2, -0.15) is 0 Å². The van der Waals surface area contributed by atoms with Crippen LogP contribution in [0.3, 0.4) is 0 Å². The number of amides is 3. The lowest BCUT2D eigenvalue weighted by atomic mass is 9.82. The zero-order valence-electron chi connectivity index (χ0n) is 25.5. The van der Waals surface area contributed by atoms with Crippen LogP contribution >= 0.6 is 0 Å². The maximum absolute atomic E-state index is 14.6. The number of hydrogen-bond acceptors (Lipinski definition) is 7. The first-order valence-electron chi connectivity index (χ1n) is 16.7. The van der Waals surface area contributed by atoms with Crippen molar-refractivity contribution in [3.63, 3.8) is 0 Å². The molecule has 2 aliphatic carbocycles. The van der Waals surface area contributed by atoms with Gasteiger partial charge in [0.2, 0.25) is 17.7 Å². The Labute approximate surface area is 255 Å². The number of hydrogen-bond donors (Lipinski definition) is 3. The zero-order chi connectivity index (χ0) is 29.9. The molecular formula is C33H49N5O5. The molecule has 6 rings (SSSR count). The molecule has 10 nitrogen and oxygen atoms in total. The van der Waals surface area contributed by atoms with Gasteiger partial charge in [-0.3, -0.25) is 19.3 Å². The topological polar surface area (TPSA) is 126 Å². The van der Waals surface area contributed by atoms with Crippen LogP contribution in [0.4, 0.5) is 0 Å². The highest BCUT2D eigenvalue weighted by atomic mass is 16.5. The van der Waals surface area contributed by atoms with E-state index in [1.54, 1.807) is 4.90 Å². The van der Waals surface area contributed by atoms with Crippen molar-refractivity contribution in [2.75, 3.05) is 32.8 Å². The van der Waals surface area contributed by atoms with Gasteiger partial charge >= 0.3 is 0 Å². The molecule has 6 atom stereocenters. The summed E-state index contributed by atoms with van der Waals surface area (Å²) < 4.78 is 11.8. The van der Waals surface area contributed by atoms with Gasteiger partial charge in [0.25, 0.3) is 0 Å². The van der Waals surface area contributed by atoms with Crippen LogP contribution in [-0.4, -0.2) is 90.6 Å². The quantitative estimate of drug-likeness (QED) is 0.380. The second kappa shape index (κ2) is 13.5. The average Bonchev–Trinajstić information content (AvgIpc) is 3.75. The van der Waals surface area contributed by atoms with E-state index in [9.17, 15) is 14.4 Å². The Morgan fingerprint density at radius 2 is 1.84 bits per heavy atom.